The summed E-state index contributed by atoms with van der Waals surface area (Å²) in [6.45, 7) is 4.91. The SMILES string of the molecule is CCOc1ccc(-c2noc(CN(C)[C@H](C)c3cccc(S(N)(=O)=O)c3)n2)cc1. The highest BCUT2D eigenvalue weighted by Crippen LogP contribution is 2.24. The van der Waals surface area contributed by atoms with E-state index in [0.717, 1.165) is 16.9 Å². The molecule has 154 valence electrons. The average Bonchev–Trinajstić information content (AvgIpc) is 3.16. The van der Waals surface area contributed by atoms with Gasteiger partial charge in [-0.1, -0.05) is 17.3 Å². The van der Waals surface area contributed by atoms with Crippen molar-refractivity contribution < 1.29 is 17.7 Å². The number of primary sulfonamides is 1. The Labute approximate surface area is 170 Å². The van der Waals surface area contributed by atoms with Crippen molar-refractivity contribution >= 4 is 10.0 Å². The molecule has 3 aromatic rings. The van der Waals surface area contributed by atoms with Crippen molar-refractivity contribution in [3.05, 3.63) is 60.0 Å². The summed E-state index contributed by atoms with van der Waals surface area (Å²) in [6, 6.07) is 14.0. The molecule has 2 aromatic carbocycles. The summed E-state index contributed by atoms with van der Waals surface area (Å²) in [5.41, 5.74) is 1.66. The van der Waals surface area contributed by atoms with Gasteiger partial charge in [0.2, 0.25) is 21.7 Å². The maximum Gasteiger partial charge on any atom is 0.241 e. The van der Waals surface area contributed by atoms with E-state index in [0.29, 0.717) is 24.9 Å². The summed E-state index contributed by atoms with van der Waals surface area (Å²) >= 11 is 0. The fourth-order valence-electron chi connectivity index (χ4n) is 2.86. The van der Waals surface area contributed by atoms with Crippen molar-refractivity contribution in [3.8, 4) is 17.1 Å². The molecular weight excluding hydrogens is 392 g/mol. The standard InChI is InChI=1S/C20H24N4O4S/c1-4-27-17-10-8-15(9-11-17)20-22-19(28-23-20)13-24(3)14(2)16-6-5-7-18(12-16)29(21,25)26/h5-12,14H,4,13H2,1-3H3,(H2,21,25,26)/t14-/m1/s1. The molecule has 9 heteroatoms. The van der Waals surface area contributed by atoms with Crippen LogP contribution in [0.4, 0.5) is 0 Å². The van der Waals surface area contributed by atoms with Gasteiger partial charge in [-0.3, -0.25) is 4.90 Å². The molecule has 0 unspecified atom stereocenters. The molecule has 2 N–H and O–H groups in total. The van der Waals surface area contributed by atoms with Crippen molar-refractivity contribution in [2.45, 2.75) is 31.3 Å². The Morgan fingerprint density at radius 1 is 1.21 bits per heavy atom. The molecule has 29 heavy (non-hydrogen) atoms. The minimum absolute atomic E-state index is 0.0856. The van der Waals surface area contributed by atoms with Gasteiger partial charge in [0.15, 0.2) is 0 Å². The van der Waals surface area contributed by atoms with E-state index >= 15 is 0 Å². The van der Waals surface area contributed by atoms with Gasteiger partial charge in [-0.15, -0.1) is 0 Å². The van der Waals surface area contributed by atoms with Crippen LogP contribution in [0.5, 0.6) is 5.75 Å². The molecule has 0 aliphatic rings. The maximum absolute atomic E-state index is 11.6. The molecule has 0 aliphatic heterocycles. The maximum atomic E-state index is 11.6. The summed E-state index contributed by atoms with van der Waals surface area (Å²) in [7, 11) is -1.85. The van der Waals surface area contributed by atoms with E-state index in [1.807, 2.05) is 56.1 Å². The Hall–Kier alpha value is -2.75. The summed E-state index contributed by atoms with van der Waals surface area (Å²) < 4.78 is 34.0. The molecule has 8 nitrogen and oxygen atoms in total. The number of hydrogen-bond donors (Lipinski definition) is 1. The van der Waals surface area contributed by atoms with E-state index in [2.05, 4.69) is 10.1 Å². The van der Waals surface area contributed by atoms with Gasteiger partial charge in [0.05, 0.1) is 18.0 Å². The van der Waals surface area contributed by atoms with E-state index in [-0.39, 0.29) is 10.9 Å². The van der Waals surface area contributed by atoms with E-state index in [1.165, 1.54) is 6.07 Å². The largest absolute Gasteiger partial charge is 0.494 e. The van der Waals surface area contributed by atoms with Gasteiger partial charge < -0.3 is 9.26 Å². The van der Waals surface area contributed by atoms with Crippen LogP contribution in [0.2, 0.25) is 0 Å². The highest BCUT2D eigenvalue weighted by molar-refractivity contribution is 7.89. The second-order valence-corrected chi connectivity index (χ2v) is 8.24. The Kier molecular flexibility index (Phi) is 6.31. The number of benzene rings is 2. The molecule has 1 atom stereocenters. The molecule has 0 radical (unpaired) electrons. The predicted octanol–water partition coefficient (Wildman–Crippen LogP) is 2.98. The highest BCUT2D eigenvalue weighted by atomic mass is 32.2. The van der Waals surface area contributed by atoms with Crippen molar-refractivity contribution in [1.82, 2.24) is 15.0 Å². The van der Waals surface area contributed by atoms with Gasteiger partial charge in [0, 0.05) is 11.6 Å². The second-order valence-electron chi connectivity index (χ2n) is 6.68. The lowest BCUT2D eigenvalue weighted by Gasteiger charge is -2.23. The monoisotopic (exact) mass is 416 g/mol. The third-order valence-corrected chi connectivity index (χ3v) is 5.52. The minimum Gasteiger partial charge on any atom is -0.494 e. The molecule has 1 aromatic heterocycles. The van der Waals surface area contributed by atoms with Gasteiger partial charge in [0.1, 0.15) is 5.75 Å². The molecule has 1 heterocycles. The molecule has 0 amide bonds. The number of aromatic nitrogens is 2. The number of sulfonamides is 1. The summed E-state index contributed by atoms with van der Waals surface area (Å²) in [6.07, 6.45) is 0. The average molecular weight is 417 g/mol. The molecule has 0 saturated heterocycles. The lowest BCUT2D eigenvalue weighted by Crippen LogP contribution is -2.22. The number of ether oxygens (including phenoxy) is 1. The quantitative estimate of drug-likeness (QED) is 0.601. The van der Waals surface area contributed by atoms with E-state index < -0.39 is 10.0 Å². The third kappa shape index (κ3) is 5.20. The molecule has 0 bridgehead atoms. The van der Waals surface area contributed by atoms with E-state index in [1.54, 1.807) is 12.1 Å². The molecule has 0 spiro atoms. The second kappa shape index (κ2) is 8.73. The van der Waals surface area contributed by atoms with Crippen LogP contribution < -0.4 is 9.88 Å². The highest BCUT2D eigenvalue weighted by Gasteiger charge is 2.18. The first-order valence-corrected chi connectivity index (χ1v) is 10.7. The fraction of sp³-hybridized carbons (Fsp3) is 0.300. The van der Waals surface area contributed by atoms with Crippen LogP contribution >= 0.6 is 0 Å². The van der Waals surface area contributed by atoms with Crippen molar-refractivity contribution in [2.24, 2.45) is 5.14 Å². The molecule has 0 aliphatic carbocycles. The van der Waals surface area contributed by atoms with Crippen LogP contribution in [0.15, 0.2) is 57.9 Å². The number of nitrogens with two attached hydrogens (primary N) is 1. The molecule has 0 fully saturated rings. The van der Waals surface area contributed by atoms with Gasteiger partial charge in [-0.05, 0) is 62.9 Å². The topological polar surface area (TPSA) is 112 Å². The Morgan fingerprint density at radius 2 is 1.93 bits per heavy atom. The van der Waals surface area contributed by atoms with Crippen LogP contribution in [0.1, 0.15) is 31.3 Å². The van der Waals surface area contributed by atoms with Gasteiger partial charge in [-0.2, -0.15) is 4.98 Å². The van der Waals surface area contributed by atoms with E-state index in [4.69, 9.17) is 14.4 Å². The minimum atomic E-state index is -3.75. The fourth-order valence-corrected chi connectivity index (χ4v) is 3.43. The number of hydrogen-bond acceptors (Lipinski definition) is 7. The Balaban J connectivity index is 1.70. The summed E-state index contributed by atoms with van der Waals surface area (Å²) in [4.78, 5) is 6.53. The zero-order valence-electron chi connectivity index (χ0n) is 16.6. The van der Waals surface area contributed by atoms with Crippen molar-refractivity contribution in [2.75, 3.05) is 13.7 Å². The molecular formula is C20H24N4O4S. The van der Waals surface area contributed by atoms with Gasteiger partial charge >= 0.3 is 0 Å². The van der Waals surface area contributed by atoms with Crippen molar-refractivity contribution in [1.29, 1.82) is 0 Å². The molecule has 3 rings (SSSR count). The molecule has 0 saturated carbocycles. The predicted molar refractivity (Wildman–Crippen MR) is 109 cm³/mol. The number of nitrogens with zero attached hydrogens (tertiary/aromatic N) is 3. The normalized spacial score (nSPS) is 12.9. The Bertz CT molecular complexity index is 1060. The van der Waals surface area contributed by atoms with Crippen LogP contribution in [-0.4, -0.2) is 37.1 Å². The Morgan fingerprint density at radius 3 is 2.59 bits per heavy atom. The lowest BCUT2D eigenvalue weighted by atomic mass is 10.1. The van der Waals surface area contributed by atoms with Gasteiger partial charge in [0.25, 0.3) is 0 Å². The van der Waals surface area contributed by atoms with Crippen LogP contribution in [-0.2, 0) is 16.6 Å². The van der Waals surface area contributed by atoms with Crippen LogP contribution in [0.25, 0.3) is 11.4 Å². The van der Waals surface area contributed by atoms with E-state index in [9.17, 15) is 8.42 Å². The summed E-state index contributed by atoms with van der Waals surface area (Å²) in [5.74, 6) is 1.75. The van der Waals surface area contributed by atoms with Crippen LogP contribution in [0.3, 0.4) is 0 Å². The smallest absolute Gasteiger partial charge is 0.241 e. The first-order valence-electron chi connectivity index (χ1n) is 9.16. The zero-order valence-corrected chi connectivity index (χ0v) is 17.4. The summed E-state index contributed by atoms with van der Waals surface area (Å²) in [5, 5.41) is 9.27. The van der Waals surface area contributed by atoms with Crippen LogP contribution in [0, 0.1) is 0 Å². The van der Waals surface area contributed by atoms with Crippen molar-refractivity contribution in [3.63, 3.8) is 0 Å². The first-order chi connectivity index (χ1) is 13.8. The first kappa shape index (κ1) is 21.0. The van der Waals surface area contributed by atoms with Gasteiger partial charge in [-0.25, -0.2) is 13.6 Å². The third-order valence-electron chi connectivity index (χ3n) is 4.61. The zero-order chi connectivity index (χ0) is 21.0. The number of rotatable bonds is 8. The lowest BCUT2D eigenvalue weighted by molar-refractivity contribution is 0.216.